The smallest absolute Gasteiger partial charge is 0.209 e. The van der Waals surface area contributed by atoms with Crippen molar-refractivity contribution in [3.05, 3.63) is 17.6 Å². The van der Waals surface area contributed by atoms with Crippen molar-refractivity contribution in [2.24, 2.45) is 0 Å². The molecule has 0 radical (unpaired) electrons. The third kappa shape index (κ3) is 4.41. The SMILES string of the molecule is Cc1cc(N2CCOCC2)nc(CNS(C)(=O)=O)n1. The number of rotatable bonds is 4. The van der Waals surface area contributed by atoms with Crippen LogP contribution in [0.2, 0.25) is 0 Å². The quantitative estimate of drug-likeness (QED) is 0.816. The number of anilines is 1. The highest BCUT2D eigenvalue weighted by molar-refractivity contribution is 7.88. The van der Waals surface area contributed by atoms with Crippen LogP contribution in [0.15, 0.2) is 6.07 Å². The molecule has 0 spiro atoms. The minimum atomic E-state index is -3.24. The van der Waals surface area contributed by atoms with Crippen molar-refractivity contribution in [3.63, 3.8) is 0 Å². The Kier molecular flexibility index (Phi) is 4.33. The van der Waals surface area contributed by atoms with Gasteiger partial charge in [0.25, 0.3) is 0 Å². The Hall–Kier alpha value is -1.25. The van der Waals surface area contributed by atoms with Crippen LogP contribution in [0.25, 0.3) is 0 Å². The summed E-state index contributed by atoms with van der Waals surface area (Å²) in [6.07, 6.45) is 1.12. The van der Waals surface area contributed by atoms with Crippen LogP contribution in [-0.4, -0.2) is 50.9 Å². The molecule has 0 unspecified atom stereocenters. The maximum Gasteiger partial charge on any atom is 0.209 e. The zero-order valence-corrected chi connectivity index (χ0v) is 11.9. The average molecular weight is 286 g/mol. The third-order valence-corrected chi connectivity index (χ3v) is 3.38. The summed E-state index contributed by atoms with van der Waals surface area (Å²) < 4.78 is 29.9. The van der Waals surface area contributed by atoms with Crippen LogP contribution in [0.3, 0.4) is 0 Å². The van der Waals surface area contributed by atoms with Crippen molar-refractivity contribution in [2.75, 3.05) is 37.5 Å². The number of sulfonamides is 1. The highest BCUT2D eigenvalue weighted by Crippen LogP contribution is 2.14. The van der Waals surface area contributed by atoms with E-state index in [4.69, 9.17) is 4.74 Å². The van der Waals surface area contributed by atoms with Crippen LogP contribution in [-0.2, 0) is 21.3 Å². The second-order valence-electron chi connectivity index (χ2n) is 4.48. The average Bonchev–Trinajstić information content (AvgIpc) is 2.36. The van der Waals surface area contributed by atoms with Gasteiger partial charge in [-0.1, -0.05) is 0 Å². The zero-order chi connectivity index (χ0) is 13.9. The Labute approximate surface area is 113 Å². The molecule has 0 bridgehead atoms. The van der Waals surface area contributed by atoms with Crippen LogP contribution in [0.4, 0.5) is 5.82 Å². The van der Waals surface area contributed by atoms with Gasteiger partial charge in [-0.15, -0.1) is 0 Å². The first-order chi connectivity index (χ1) is 8.94. The first-order valence-corrected chi connectivity index (χ1v) is 7.95. The van der Waals surface area contributed by atoms with Gasteiger partial charge in [0.05, 0.1) is 26.0 Å². The molecule has 1 N–H and O–H groups in total. The summed E-state index contributed by atoms with van der Waals surface area (Å²) in [4.78, 5) is 10.7. The standard InChI is InChI=1S/C11H18N4O3S/c1-9-7-11(15-3-5-18-6-4-15)14-10(13-9)8-12-19(2,16)17/h7,12H,3-6,8H2,1-2H3. The molecule has 1 aliphatic rings. The van der Waals surface area contributed by atoms with Crippen molar-refractivity contribution in [1.82, 2.24) is 14.7 Å². The summed E-state index contributed by atoms with van der Waals surface area (Å²) in [7, 11) is -3.24. The summed E-state index contributed by atoms with van der Waals surface area (Å²) in [6, 6.07) is 1.90. The summed E-state index contributed by atoms with van der Waals surface area (Å²) in [5.74, 6) is 1.30. The number of ether oxygens (including phenoxy) is 1. The Morgan fingerprint density at radius 3 is 2.68 bits per heavy atom. The van der Waals surface area contributed by atoms with E-state index in [1.807, 2.05) is 13.0 Å². The lowest BCUT2D eigenvalue weighted by molar-refractivity contribution is 0.122. The van der Waals surface area contributed by atoms with E-state index in [-0.39, 0.29) is 6.54 Å². The molecule has 19 heavy (non-hydrogen) atoms. The number of aromatic nitrogens is 2. The molecule has 7 nitrogen and oxygen atoms in total. The van der Waals surface area contributed by atoms with Crippen molar-refractivity contribution < 1.29 is 13.2 Å². The molecule has 2 rings (SSSR count). The van der Waals surface area contributed by atoms with E-state index in [0.717, 1.165) is 30.9 Å². The second kappa shape index (κ2) is 5.81. The maximum absolute atomic E-state index is 11.1. The summed E-state index contributed by atoms with van der Waals surface area (Å²) in [6.45, 7) is 4.91. The number of aryl methyl sites for hydroxylation is 1. The van der Waals surface area contributed by atoms with E-state index in [9.17, 15) is 8.42 Å². The van der Waals surface area contributed by atoms with Crippen LogP contribution in [0.1, 0.15) is 11.5 Å². The molecule has 1 aliphatic heterocycles. The molecule has 0 aliphatic carbocycles. The zero-order valence-electron chi connectivity index (χ0n) is 11.1. The number of nitrogens with one attached hydrogen (secondary N) is 1. The topological polar surface area (TPSA) is 84.4 Å². The lowest BCUT2D eigenvalue weighted by Crippen LogP contribution is -2.37. The van der Waals surface area contributed by atoms with Crippen molar-refractivity contribution in [2.45, 2.75) is 13.5 Å². The Bertz CT molecular complexity index is 541. The molecule has 106 valence electrons. The van der Waals surface area contributed by atoms with E-state index in [1.54, 1.807) is 0 Å². The molecule has 1 saturated heterocycles. The van der Waals surface area contributed by atoms with Crippen LogP contribution in [0.5, 0.6) is 0 Å². The monoisotopic (exact) mass is 286 g/mol. The first-order valence-electron chi connectivity index (χ1n) is 6.06. The molecule has 1 aromatic heterocycles. The number of hydrogen-bond acceptors (Lipinski definition) is 6. The first kappa shape index (κ1) is 14.2. The molecule has 0 saturated carbocycles. The largest absolute Gasteiger partial charge is 0.378 e. The molecular formula is C11H18N4O3S. The third-order valence-electron chi connectivity index (χ3n) is 2.71. The Morgan fingerprint density at radius 2 is 2.05 bits per heavy atom. The fourth-order valence-corrected chi connectivity index (χ4v) is 2.23. The predicted molar refractivity (Wildman–Crippen MR) is 71.5 cm³/mol. The highest BCUT2D eigenvalue weighted by Gasteiger charge is 2.14. The number of morpholine rings is 1. The number of nitrogens with zero attached hydrogens (tertiary/aromatic N) is 3. The molecule has 0 aromatic carbocycles. The second-order valence-corrected chi connectivity index (χ2v) is 6.31. The summed E-state index contributed by atoms with van der Waals surface area (Å²) >= 11 is 0. The normalized spacial score (nSPS) is 16.6. The van der Waals surface area contributed by atoms with E-state index in [0.29, 0.717) is 19.0 Å². The maximum atomic E-state index is 11.1. The lowest BCUT2D eigenvalue weighted by Gasteiger charge is -2.28. The number of hydrogen-bond donors (Lipinski definition) is 1. The predicted octanol–water partition coefficient (Wildman–Crippen LogP) is -0.329. The summed E-state index contributed by atoms with van der Waals surface area (Å²) in [5, 5.41) is 0. The minimum absolute atomic E-state index is 0.109. The van der Waals surface area contributed by atoms with Gasteiger partial charge < -0.3 is 9.64 Å². The van der Waals surface area contributed by atoms with Crippen LogP contribution < -0.4 is 9.62 Å². The van der Waals surface area contributed by atoms with Crippen LogP contribution in [0, 0.1) is 6.92 Å². The van der Waals surface area contributed by atoms with Gasteiger partial charge in [0.2, 0.25) is 10.0 Å². The molecule has 1 aromatic rings. The highest BCUT2D eigenvalue weighted by atomic mass is 32.2. The van der Waals surface area contributed by atoms with E-state index in [1.165, 1.54) is 0 Å². The molecular weight excluding hydrogens is 268 g/mol. The molecule has 8 heteroatoms. The van der Waals surface area contributed by atoms with Crippen molar-refractivity contribution >= 4 is 15.8 Å². The van der Waals surface area contributed by atoms with Gasteiger partial charge in [0.15, 0.2) is 0 Å². The van der Waals surface area contributed by atoms with Crippen molar-refractivity contribution in [1.29, 1.82) is 0 Å². The Morgan fingerprint density at radius 1 is 1.37 bits per heavy atom. The fraction of sp³-hybridized carbons (Fsp3) is 0.636. The van der Waals surface area contributed by atoms with Gasteiger partial charge in [-0.25, -0.2) is 23.1 Å². The molecule has 2 heterocycles. The van der Waals surface area contributed by atoms with Gasteiger partial charge >= 0.3 is 0 Å². The molecule has 0 amide bonds. The minimum Gasteiger partial charge on any atom is -0.378 e. The Balaban J connectivity index is 2.14. The van der Waals surface area contributed by atoms with Gasteiger partial charge in [-0.2, -0.15) is 0 Å². The lowest BCUT2D eigenvalue weighted by atomic mass is 10.3. The van der Waals surface area contributed by atoms with Gasteiger partial charge in [-0.3, -0.25) is 0 Å². The molecule has 0 atom stereocenters. The molecule has 1 fully saturated rings. The summed E-state index contributed by atoms with van der Waals surface area (Å²) in [5.41, 5.74) is 0.821. The van der Waals surface area contributed by atoms with E-state index in [2.05, 4.69) is 19.6 Å². The van der Waals surface area contributed by atoms with E-state index < -0.39 is 10.0 Å². The van der Waals surface area contributed by atoms with Gasteiger partial charge in [0, 0.05) is 24.8 Å². The van der Waals surface area contributed by atoms with E-state index >= 15 is 0 Å². The fourth-order valence-electron chi connectivity index (χ4n) is 1.84. The van der Waals surface area contributed by atoms with Crippen LogP contribution >= 0.6 is 0 Å². The van der Waals surface area contributed by atoms with Gasteiger partial charge in [0.1, 0.15) is 11.6 Å². The van der Waals surface area contributed by atoms with Crippen molar-refractivity contribution in [3.8, 4) is 0 Å². The van der Waals surface area contributed by atoms with Gasteiger partial charge in [-0.05, 0) is 6.92 Å².